The molecule has 0 saturated carbocycles. The van der Waals surface area contributed by atoms with Crippen LogP contribution in [0.5, 0.6) is 5.75 Å². The Kier molecular flexibility index (Phi) is 15.2. The predicted octanol–water partition coefficient (Wildman–Crippen LogP) is 7.25. The Morgan fingerprint density at radius 3 is 2.38 bits per heavy atom. The first-order valence-electron chi connectivity index (χ1n) is 21.1. The number of imide groups is 1. The van der Waals surface area contributed by atoms with Crippen molar-refractivity contribution in [2.45, 2.75) is 73.0 Å². The molecule has 1 atom stereocenters. The molecule has 0 fully saturated rings. The van der Waals surface area contributed by atoms with Crippen molar-refractivity contribution in [2.24, 2.45) is 7.05 Å². The highest BCUT2D eigenvalue weighted by Crippen LogP contribution is 2.42. The number of para-hydroxylation sites is 1. The maximum absolute atomic E-state index is 13.7. The molecule has 7 aromatic rings. The first-order chi connectivity index (χ1) is 31.1. The molecular weight excluding hydrogens is 855 g/mol. The Balaban J connectivity index is 0.000000248. The highest BCUT2D eigenvalue weighted by molar-refractivity contribution is 6.35. The Morgan fingerprint density at radius 1 is 0.969 bits per heavy atom. The summed E-state index contributed by atoms with van der Waals surface area (Å²) in [5, 5.41) is 25.9. The van der Waals surface area contributed by atoms with Gasteiger partial charge < -0.3 is 34.4 Å². The van der Waals surface area contributed by atoms with Crippen LogP contribution in [0.4, 0.5) is 4.39 Å². The molecule has 0 spiro atoms. The quantitative estimate of drug-likeness (QED) is 0.0568. The van der Waals surface area contributed by atoms with E-state index < -0.39 is 29.7 Å². The largest absolute Gasteiger partial charge is 0.493 e. The smallest absolute Gasteiger partial charge is 0.352 e. The molecule has 0 aliphatic carbocycles. The first kappa shape index (κ1) is 47.6. The third kappa shape index (κ3) is 10.2. The zero-order valence-electron chi connectivity index (χ0n) is 37.3. The van der Waals surface area contributed by atoms with Crippen molar-refractivity contribution in [3.63, 3.8) is 0 Å². The Labute approximate surface area is 379 Å². The molecule has 1 unspecified atom stereocenters. The zero-order chi connectivity index (χ0) is 47.1. The molecule has 3 aromatic heterocycles. The molecule has 0 radical (unpaired) electrons. The Bertz CT molecular complexity index is 2950. The van der Waals surface area contributed by atoms with Gasteiger partial charge in [-0.2, -0.15) is 5.10 Å². The number of carboxylic acid groups (broad SMARTS) is 1. The Morgan fingerprint density at radius 2 is 1.71 bits per heavy atom. The lowest BCUT2D eigenvalue weighted by Crippen LogP contribution is -2.46. The maximum Gasteiger partial charge on any atom is 0.352 e. The Hall–Kier alpha value is -6.91. The number of fused-ring (bicyclic) bond motifs is 3. The number of benzene rings is 4. The molecule has 4 aromatic carbocycles. The van der Waals surface area contributed by atoms with Gasteiger partial charge in [-0.05, 0) is 114 Å². The number of aldehydes is 1. The predicted molar refractivity (Wildman–Crippen MR) is 248 cm³/mol. The summed E-state index contributed by atoms with van der Waals surface area (Å²) in [7, 11) is 3.78. The van der Waals surface area contributed by atoms with Crippen molar-refractivity contribution in [1.29, 1.82) is 0 Å². The van der Waals surface area contributed by atoms with Gasteiger partial charge in [-0.1, -0.05) is 35.9 Å². The van der Waals surface area contributed by atoms with Gasteiger partial charge in [0.15, 0.2) is 0 Å². The van der Waals surface area contributed by atoms with Crippen LogP contribution in [0.15, 0.2) is 66.7 Å². The number of nitrogens with one attached hydrogen (secondary N) is 3. The van der Waals surface area contributed by atoms with Crippen LogP contribution in [-0.4, -0.2) is 85.2 Å². The number of ether oxygens (including phenoxy) is 1. The van der Waals surface area contributed by atoms with Crippen molar-refractivity contribution in [3.8, 4) is 16.9 Å². The minimum atomic E-state index is -0.973. The average Bonchev–Trinajstić information content (AvgIpc) is 3.85. The molecule has 0 aliphatic heterocycles. The SMILES string of the molecule is CC(=O)NC(=O)C(C)NC(=O)c1cccc2c1nc(C)n2CC=O.CNCCCn1c(C(=O)O)c(CCCOc2cccc3cc(F)ccc23)c2ccc(Cl)c(-c3c(C)nn(C)c3C)c21. The number of aryl methyl sites for hydroxylation is 5. The van der Waals surface area contributed by atoms with Gasteiger partial charge in [-0.3, -0.25) is 24.4 Å². The minimum Gasteiger partial charge on any atom is -0.493 e. The van der Waals surface area contributed by atoms with Crippen molar-refractivity contribution < 1.29 is 38.2 Å². The highest BCUT2D eigenvalue weighted by atomic mass is 35.5. The number of aromatic nitrogens is 5. The van der Waals surface area contributed by atoms with Crippen molar-refractivity contribution in [2.75, 3.05) is 20.2 Å². The summed E-state index contributed by atoms with van der Waals surface area (Å²) >= 11 is 6.86. The van der Waals surface area contributed by atoms with E-state index in [0.717, 1.165) is 69.0 Å². The lowest BCUT2D eigenvalue weighted by atomic mass is 9.98. The van der Waals surface area contributed by atoms with E-state index in [1.54, 1.807) is 35.8 Å². The van der Waals surface area contributed by atoms with E-state index in [0.29, 0.717) is 59.2 Å². The number of carboxylic acids is 1. The molecule has 7 rings (SSSR count). The molecule has 0 bridgehead atoms. The monoisotopic (exact) mass is 906 g/mol. The maximum atomic E-state index is 13.7. The van der Waals surface area contributed by atoms with E-state index in [1.807, 2.05) is 67.5 Å². The van der Waals surface area contributed by atoms with Crippen LogP contribution in [0.2, 0.25) is 5.02 Å². The third-order valence-corrected chi connectivity index (χ3v) is 11.5. The molecule has 340 valence electrons. The molecule has 65 heavy (non-hydrogen) atoms. The summed E-state index contributed by atoms with van der Waals surface area (Å²) < 4.78 is 25.2. The molecule has 0 saturated heterocycles. The van der Waals surface area contributed by atoms with Crippen LogP contribution in [0.1, 0.15) is 70.3 Å². The summed E-state index contributed by atoms with van der Waals surface area (Å²) in [5.41, 5.74) is 6.80. The van der Waals surface area contributed by atoms with Gasteiger partial charge in [0.25, 0.3) is 5.91 Å². The van der Waals surface area contributed by atoms with Crippen LogP contribution in [0, 0.1) is 26.6 Å². The van der Waals surface area contributed by atoms with Gasteiger partial charge in [0.2, 0.25) is 11.8 Å². The fourth-order valence-corrected chi connectivity index (χ4v) is 8.40. The second kappa shape index (κ2) is 20.7. The summed E-state index contributed by atoms with van der Waals surface area (Å²) in [5.74, 6) is -1.55. The second-order valence-electron chi connectivity index (χ2n) is 15.7. The fourth-order valence-electron chi connectivity index (χ4n) is 8.16. The second-order valence-corrected chi connectivity index (χ2v) is 16.1. The van der Waals surface area contributed by atoms with Crippen LogP contribution in [0.25, 0.3) is 43.8 Å². The number of rotatable bonds is 16. The first-order valence-corrected chi connectivity index (χ1v) is 21.5. The standard InChI is InChI=1S/C32H34ClFN4O3.C16H18N4O4/c1-19-28(20(2)37(4)36-19)29-26(33)14-13-25-24(31(32(39)40)38(30(25)29)16-7-15-35-3)9-6-17-41-27-10-5-8-21-18-22(34)11-12-23(21)27;1-9(15(23)19-11(3)22)17-16(24)12-5-4-6-13-14(12)18-10(2)20(13)7-8-21/h5,8,10-14,18,35H,6-7,9,15-17H2,1-4H3,(H,39,40);4-6,8-9H,7H2,1-3H3,(H,17,24)(H,19,22,23). The third-order valence-electron chi connectivity index (χ3n) is 11.2. The number of hydrogen-bond acceptors (Lipinski definition) is 9. The van der Waals surface area contributed by atoms with Gasteiger partial charge >= 0.3 is 5.97 Å². The van der Waals surface area contributed by atoms with Gasteiger partial charge in [-0.25, -0.2) is 14.2 Å². The lowest BCUT2D eigenvalue weighted by molar-refractivity contribution is -0.130. The van der Waals surface area contributed by atoms with Gasteiger partial charge in [0, 0.05) is 48.1 Å². The van der Waals surface area contributed by atoms with Crippen LogP contribution in [-0.2, 0) is 40.9 Å². The van der Waals surface area contributed by atoms with Crippen LogP contribution < -0.4 is 20.7 Å². The molecule has 3 amide bonds. The summed E-state index contributed by atoms with van der Waals surface area (Å²) in [4.78, 5) is 63.0. The van der Waals surface area contributed by atoms with Crippen molar-refractivity contribution in [3.05, 3.63) is 112 Å². The van der Waals surface area contributed by atoms with E-state index in [-0.39, 0.29) is 18.1 Å². The molecule has 0 aliphatic rings. The van der Waals surface area contributed by atoms with E-state index >= 15 is 0 Å². The summed E-state index contributed by atoms with van der Waals surface area (Å²) in [6.45, 7) is 10.2. The van der Waals surface area contributed by atoms with Crippen LogP contribution in [0.3, 0.4) is 0 Å². The van der Waals surface area contributed by atoms with E-state index in [2.05, 4.69) is 26.0 Å². The molecule has 4 N–H and O–H groups in total. The van der Waals surface area contributed by atoms with E-state index in [4.69, 9.17) is 16.3 Å². The number of aromatic carboxylic acids is 1. The number of amides is 3. The number of imidazole rings is 1. The van der Waals surface area contributed by atoms with Crippen molar-refractivity contribution in [1.82, 2.24) is 39.8 Å². The normalized spacial score (nSPS) is 11.6. The molecule has 3 heterocycles. The van der Waals surface area contributed by atoms with Gasteiger partial charge in [0.1, 0.15) is 40.9 Å². The lowest BCUT2D eigenvalue weighted by Gasteiger charge is -2.14. The fraction of sp³-hybridized carbons (Fsp3) is 0.312. The number of hydrogen-bond donors (Lipinski definition) is 4. The number of carbonyl (C=O) groups excluding carboxylic acids is 4. The van der Waals surface area contributed by atoms with E-state index in [1.165, 1.54) is 26.0 Å². The summed E-state index contributed by atoms with van der Waals surface area (Å²) in [6.07, 6.45) is 2.61. The van der Waals surface area contributed by atoms with Gasteiger partial charge in [0.05, 0.1) is 40.5 Å². The molecular formula is C48H52ClFN8O7. The number of halogens is 2. The number of nitrogens with zero attached hydrogens (tertiary/aromatic N) is 5. The van der Waals surface area contributed by atoms with Gasteiger partial charge in [-0.15, -0.1) is 0 Å². The average molecular weight is 907 g/mol. The topological polar surface area (TPSA) is 191 Å². The number of carbonyl (C=O) groups is 5. The molecule has 15 nitrogen and oxygen atoms in total. The highest BCUT2D eigenvalue weighted by Gasteiger charge is 2.28. The van der Waals surface area contributed by atoms with E-state index in [9.17, 15) is 33.5 Å². The van der Waals surface area contributed by atoms with Crippen LogP contribution >= 0.6 is 11.6 Å². The zero-order valence-corrected chi connectivity index (χ0v) is 38.1. The van der Waals surface area contributed by atoms with Crippen molar-refractivity contribution >= 4 is 74.3 Å². The summed E-state index contributed by atoms with van der Waals surface area (Å²) in [6, 6.07) is 18.1. The minimum absolute atomic E-state index is 0.144. The molecule has 17 heteroatoms.